The van der Waals surface area contributed by atoms with Crippen LogP contribution in [0.5, 0.6) is 0 Å². The molecule has 1 aliphatic rings. The minimum Gasteiger partial charge on any atom is -0.465 e. The number of hydrogen-bond donors (Lipinski definition) is 0. The van der Waals surface area contributed by atoms with Crippen molar-refractivity contribution < 1.29 is 31.3 Å². The summed E-state index contributed by atoms with van der Waals surface area (Å²) >= 11 is 7.46. The number of fused-ring (bicyclic) bond motifs is 1. The third kappa shape index (κ3) is 5.21. The number of aryl methyl sites for hydroxylation is 1. The number of halogens is 2. The molecule has 2 aromatic carbocycles. The molecule has 0 spiro atoms. The highest BCUT2D eigenvalue weighted by atomic mass is 35.5. The second kappa shape index (κ2) is 9.79. The molecule has 7 nitrogen and oxygen atoms in total. The zero-order valence-corrected chi connectivity index (χ0v) is 21.2. The highest BCUT2D eigenvalue weighted by Gasteiger charge is 2.26. The van der Waals surface area contributed by atoms with Crippen LogP contribution in [0.2, 0.25) is 5.02 Å². The van der Waals surface area contributed by atoms with Crippen molar-refractivity contribution in [2.75, 3.05) is 44.6 Å². The highest BCUT2D eigenvalue weighted by Crippen LogP contribution is 2.41. The van der Waals surface area contributed by atoms with Crippen LogP contribution in [0.25, 0.3) is 21.2 Å². The van der Waals surface area contributed by atoms with Gasteiger partial charge in [0.25, 0.3) is 10.1 Å². The lowest BCUT2D eigenvalue weighted by Crippen LogP contribution is -2.45. The van der Waals surface area contributed by atoms with Gasteiger partial charge in [-0.25, -0.2) is 9.18 Å². The molecule has 0 saturated carbocycles. The van der Waals surface area contributed by atoms with Crippen molar-refractivity contribution >= 4 is 54.8 Å². The van der Waals surface area contributed by atoms with Gasteiger partial charge in [-0.05, 0) is 36.8 Å². The number of carbonyl (C=O) groups excluding carboxylic acids is 1. The van der Waals surface area contributed by atoms with E-state index >= 15 is 0 Å². The van der Waals surface area contributed by atoms with Gasteiger partial charge in [-0.2, -0.15) is 8.42 Å². The first-order valence-corrected chi connectivity index (χ1v) is 13.4. The van der Waals surface area contributed by atoms with Crippen LogP contribution in [-0.2, 0) is 23.8 Å². The monoisotopic (exact) mass is 527 g/mol. The van der Waals surface area contributed by atoms with Crippen LogP contribution in [0.1, 0.15) is 15.2 Å². The van der Waals surface area contributed by atoms with E-state index in [1.807, 2.05) is 24.0 Å². The Labute approximate surface area is 206 Å². The fourth-order valence-corrected chi connectivity index (χ4v) is 5.79. The summed E-state index contributed by atoms with van der Waals surface area (Å²) in [6, 6.07) is 8.45. The molecule has 34 heavy (non-hydrogen) atoms. The first-order chi connectivity index (χ1) is 16.1. The fraction of sp³-hybridized carbons (Fsp3) is 0.348. The molecule has 2 heterocycles. The minimum absolute atomic E-state index is 0.0626. The van der Waals surface area contributed by atoms with Gasteiger partial charge >= 0.3 is 5.97 Å². The Hall–Kier alpha value is -2.24. The number of anilines is 1. The van der Waals surface area contributed by atoms with Gasteiger partial charge < -0.3 is 14.4 Å². The van der Waals surface area contributed by atoms with Crippen molar-refractivity contribution in [1.82, 2.24) is 0 Å². The van der Waals surface area contributed by atoms with Crippen LogP contribution >= 0.6 is 22.9 Å². The van der Waals surface area contributed by atoms with E-state index in [0.29, 0.717) is 30.9 Å². The Morgan fingerprint density at radius 1 is 1.32 bits per heavy atom. The highest BCUT2D eigenvalue weighted by molar-refractivity contribution is 7.85. The molecule has 3 aromatic rings. The number of carbonyl (C=O) groups is 1. The van der Waals surface area contributed by atoms with Gasteiger partial charge in [0.2, 0.25) is 0 Å². The summed E-state index contributed by atoms with van der Waals surface area (Å²) in [6.07, 6.45) is 0.502. The van der Waals surface area contributed by atoms with Gasteiger partial charge in [0.15, 0.2) is 0 Å². The number of esters is 1. The summed E-state index contributed by atoms with van der Waals surface area (Å²) in [5, 5.41) is 0.782. The lowest BCUT2D eigenvalue weighted by atomic mass is 9.98. The molecule has 1 aliphatic heterocycles. The van der Waals surface area contributed by atoms with Gasteiger partial charge in [-0.15, -0.1) is 11.3 Å². The van der Waals surface area contributed by atoms with Crippen LogP contribution < -0.4 is 4.90 Å². The normalized spacial score (nSPS) is 16.7. The summed E-state index contributed by atoms with van der Waals surface area (Å²) in [4.78, 5) is 15.6. The van der Waals surface area contributed by atoms with Crippen LogP contribution in [0.4, 0.5) is 10.1 Å². The SMILES string of the molecule is COC(=O)c1cc(-c2c(C)sc3cc(Cl)c(F)cc23)ccc1N1CCO[C@H](COS(C)(=O)=O)C1. The van der Waals surface area contributed by atoms with Crippen molar-refractivity contribution in [3.8, 4) is 11.1 Å². The second-order valence-corrected chi connectivity index (χ2v) is 11.3. The number of rotatable bonds is 6. The molecule has 0 unspecified atom stereocenters. The Bertz CT molecular complexity index is 1360. The van der Waals surface area contributed by atoms with E-state index in [9.17, 15) is 17.6 Å². The first kappa shape index (κ1) is 24.9. The maximum atomic E-state index is 14.2. The molecular weight excluding hydrogens is 505 g/mol. The second-order valence-electron chi connectivity index (χ2n) is 7.95. The molecule has 4 rings (SSSR count). The van der Waals surface area contributed by atoms with E-state index < -0.39 is 28.0 Å². The maximum absolute atomic E-state index is 14.2. The third-order valence-electron chi connectivity index (χ3n) is 5.54. The zero-order chi connectivity index (χ0) is 24.6. The summed E-state index contributed by atoms with van der Waals surface area (Å²) in [5.74, 6) is -1.02. The minimum atomic E-state index is -3.60. The predicted molar refractivity (Wildman–Crippen MR) is 131 cm³/mol. The van der Waals surface area contributed by atoms with E-state index in [-0.39, 0.29) is 11.6 Å². The molecule has 1 fully saturated rings. The van der Waals surface area contributed by atoms with Crippen LogP contribution in [0, 0.1) is 12.7 Å². The van der Waals surface area contributed by atoms with Crippen LogP contribution in [-0.4, -0.2) is 60.2 Å². The molecule has 1 saturated heterocycles. The average molecular weight is 528 g/mol. The van der Waals surface area contributed by atoms with Crippen molar-refractivity contribution in [2.45, 2.75) is 13.0 Å². The number of hydrogen-bond acceptors (Lipinski definition) is 8. The summed E-state index contributed by atoms with van der Waals surface area (Å²) in [5.41, 5.74) is 2.56. The van der Waals surface area contributed by atoms with E-state index in [1.165, 1.54) is 24.5 Å². The molecule has 0 aliphatic carbocycles. The third-order valence-corrected chi connectivity index (χ3v) is 7.47. The maximum Gasteiger partial charge on any atom is 0.339 e. The van der Waals surface area contributed by atoms with Gasteiger partial charge in [0, 0.05) is 33.6 Å². The van der Waals surface area contributed by atoms with Gasteiger partial charge in [0.1, 0.15) is 5.82 Å². The summed E-state index contributed by atoms with van der Waals surface area (Å²) in [7, 11) is -2.29. The first-order valence-electron chi connectivity index (χ1n) is 10.4. The number of thiophene rings is 1. The van der Waals surface area contributed by atoms with Crippen molar-refractivity contribution in [3.63, 3.8) is 0 Å². The standard InChI is InChI=1S/C23H23ClFNO6S2/c1-13-22(17-9-19(25)18(24)10-21(17)33-13)14-4-5-20(16(8-14)23(27)30-2)26-6-7-31-15(11-26)12-32-34(3,28)29/h4-5,8-10,15H,6-7,11-12H2,1-3H3/t15-/m0/s1. The van der Waals surface area contributed by atoms with Gasteiger partial charge in [0.05, 0.1) is 49.0 Å². The zero-order valence-electron chi connectivity index (χ0n) is 18.8. The van der Waals surface area contributed by atoms with E-state index in [2.05, 4.69) is 0 Å². The summed E-state index contributed by atoms with van der Waals surface area (Å²) < 4.78 is 53.3. The number of morpholine rings is 1. The molecule has 0 N–H and O–H groups in total. The van der Waals surface area contributed by atoms with E-state index in [4.69, 9.17) is 25.3 Å². The van der Waals surface area contributed by atoms with Crippen molar-refractivity contribution in [1.29, 1.82) is 0 Å². The van der Waals surface area contributed by atoms with Gasteiger partial charge in [-0.3, -0.25) is 4.18 Å². The van der Waals surface area contributed by atoms with E-state index in [1.54, 1.807) is 12.1 Å². The molecule has 182 valence electrons. The molecule has 1 aromatic heterocycles. The van der Waals surface area contributed by atoms with Crippen molar-refractivity contribution in [3.05, 3.63) is 51.6 Å². The molecule has 0 amide bonds. The Morgan fingerprint density at radius 3 is 2.79 bits per heavy atom. The molecule has 1 atom stereocenters. The topological polar surface area (TPSA) is 82.1 Å². The Balaban J connectivity index is 1.72. The summed E-state index contributed by atoms with van der Waals surface area (Å²) in [6.45, 7) is 3.00. The van der Waals surface area contributed by atoms with Crippen molar-refractivity contribution in [2.24, 2.45) is 0 Å². The Kier molecular flexibility index (Phi) is 7.16. The number of nitrogens with zero attached hydrogens (tertiary/aromatic N) is 1. The smallest absolute Gasteiger partial charge is 0.339 e. The van der Waals surface area contributed by atoms with E-state index in [0.717, 1.165) is 32.3 Å². The lowest BCUT2D eigenvalue weighted by Gasteiger charge is -2.35. The number of benzene rings is 2. The van der Waals surface area contributed by atoms with Gasteiger partial charge in [-0.1, -0.05) is 17.7 Å². The van der Waals surface area contributed by atoms with Crippen LogP contribution in [0.15, 0.2) is 30.3 Å². The molecular formula is C23H23ClFNO6S2. The Morgan fingerprint density at radius 2 is 2.09 bits per heavy atom. The lowest BCUT2D eigenvalue weighted by molar-refractivity contribution is 0.0118. The quantitative estimate of drug-likeness (QED) is 0.341. The largest absolute Gasteiger partial charge is 0.465 e. The fourth-order valence-electron chi connectivity index (χ4n) is 4.05. The molecule has 0 bridgehead atoms. The molecule has 11 heteroatoms. The molecule has 0 radical (unpaired) electrons. The van der Waals surface area contributed by atoms with Crippen LogP contribution in [0.3, 0.4) is 0 Å². The average Bonchev–Trinajstić information content (AvgIpc) is 3.11. The predicted octanol–water partition coefficient (Wildman–Crippen LogP) is 4.64. The number of methoxy groups -OCH3 is 1. The number of ether oxygens (including phenoxy) is 2.